The number of hydrogen-bond donors (Lipinski definition) is 3. The summed E-state index contributed by atoms with van der Waals surface area (Å²) in [4.78, 5) is 28.6. The number of methoxy groups -OCH3 is 1. The summed E-state index contributed by atoms with van der Waals surface area (Å²) in [5.74, 6) is -0.319. The van der Waals surface area contributed by atoms with Gasteiger partial charge in [0, 0.05) is 39.8 Å². The van der Waals surface area contributed by atoms with Gasteiger partial charge in [0.05, 0.1) is 13.0 Å². The average molecular weight is 640 g/mol. The minimum Gasteiger partial charge on any atom is -0.496 e. The van der Waals surface area contributed by atoms with Crippen molar-refractivity contribution in [2.75, 3.05) is 24.9 Å². The Morgan fingerprint density at radius 2 is 1.80 bits per heavy atom. The molecule has 5 rings (SSSR count). The molecule has 232 valence electrons. The average Bonchev–Trinajstić information content (AvgIpc) is 3.69. The number of halogens is 1. The number of anilines is 1. The van der Waals surface area contributed by atoms with Gasteiger partial charge in [-0.3, -0.25) is 10.1 Å². The number of para-hydroxylation sites is 1. The first-order valence-corrected chi connectivity index (χ1v) is 16.3. The molecule has 10 nitrogen and oxygen atoms in total. The van der Waals surface area contributed by atoms with Crippen molar-refractivity contribution in [2.24, 2.45) is 0 Å². The molecule has 2 amide bonds. The number of alkyl halides is 1. The van der Waals surface area contributed by atoms with Gasteiger partial charge in [0.15, 0.2) is 0 Å². The van der Waals surface area contributed by atoms with Gasteiger partial charge in [0.25, 0.3) is 15.9 Å². The molecule has 3 aromatic carbocycles. The third kappa shape index (κ3) is 6.95. The lowest BCUT2D eigenvalue weighted by Crippen LogP contribution is -2.31. The summed E-state index contributed by atoms with van der Waals surface area (Å²) in [6.45, 7) is 2.11. The minimum absolute atomic E-state index is 0.0369. The van der Waals surface area contributed by atoms with Crippen LogP contribution in [0, 0.1) is 0 Å². The molecule has 0 bridgehead atoms. The lowest BCUT2D eigenvalue weighted by atomic mass is 9.91. The van der Waals surface area contributed by atoms with Crippen LogP contribution in [0.4, 0.5) is 10.5 Å². The molecule has 1 atom stereocenters. The number of nitrogens with one attached hydrogen (secondary N) is 3. The van der Waals surface area contributed by atoms with Crippen LogP contribution in [0.2, 0.25) is 0 Å². The Hall–Kier alpha value is -4.22. The quantitative estimate of drug-likeness (QED) is 0.158. The van der Waals surface area contributed by atoms with E-state index in [2.05, 4.69) is 15.0 Å². The van der Waals surface area contributed by atoms with Crippen molar-refractivity contribution >= 4 is 50.2 Å². The Morgan fingerprint density at radius 1 is 1.02 bits per heavy atom. The number of carbonyl (C=O) groups excluding carboxylic acids is 2. The highest BCUT2D eigenvalue weighted by Crippen LogP contribution is 2.37. The lowest BCUT2D eigenvalue weighted by molar-refractivity contribution is 0.0980. The van der Waals surface area contributed by atoms with Crippen molar-refractivity contribution in [3.05, 3.63) is 83.6 Å². The topological polar surface area (TPSA) is 136 Å². The Labute approximate surface area is 261 Å². The maximum Gasteiger partial charge on any atom is 0.411 e. The molecule has 0 radical (unpaired) electrons. The van der Waals surface area contributed by atoms with E-state index >= 15 is 0 Å². The summed E-state index contributed by atoms with van der Waals surface area (Å²) >= 11 is 5.68. The summed E-state index contributed by atoms with van der Waals surface area (Å²) in [7, 11) is -2.76. The van der Waals surface area contributed by atoms with Gasteiger partial charge in [0.2, 0.25) is 0 Å². The zero-order valence-electron chi connectivity index (χ0n) is 24.4. The van der Waals surface area contributed by atoms with Gasteiger partial charge in [-0.15, -0.1) is 11.6 Å². The van der Waals surface area contributed by atoms with E-state index in [9.17, 15) is 18.0 Å². The van der Waals surface area contributed by atoms with Crippen LogP contribution in [0.5, 0.6) is 11.5 Å². The van der Waals surface area contributed by atoms with Crippen LogP contribution in [0.15, 0.2) is 71.8 Å². The van der Waals surface area contributed by atoms with E-state index in [-0.39, 0.29) is 40.7 Å². The second-order valence-electron chi connectivity index (χ2n) is 10.5. The summed E-state index contributed by atoms with van der Waals surface area (Å²) < 4.78 is 44.9. The number of carbonyl (C=O) groups is 2. The summed E-state index contributed by atoms with van der Waals surface area (Å²) in [6, 6.07) is 16.4. The van der Waals surface area contributed by atoms with E-state index in [0.717, 1.165) is 47.7 Å². The van der Waals surface area contributed by atoms with Gasteiger partial charge in [-0.1, -0.05) is 25.1 Å². The molecule has 1 unspecified atom stereocenters. The lowest BCUT2D eigenvalue weighted by Gasteiger charge is -2.17. The summed E-state index contributed by atoms with van der Waals surface area (Å²) in [6.07, 6.45) is 5.32. The van der Waals surface area contributed by atoms with Gasteiger partial charge in [-0.2, -0.15) is 0 Å². The van der Waals surface area contributed by atoms with Crippen molar-refractivity contribution in [1.29, 1.82) is 0 Å². The van der Waals surface area contributed by atoms with Crippen LogP contribution in [0.1, 0.15) is 60.0 Å². The number of benzene rings is 3. The number of H-pyrrole nitrogens is 1. The molecule has 44 heavy (non-hydrogen) atoms. The number of aromatic amines is 1. The number of fused-ring (bicyclic) bond motifs is 1. The Kier molecular flexibility index (Phi) is 9.65. The number of rotatable bonds is 11. The number of hydrogen-bond acceptors (Lipinski definition) is 7. The van der Waals surface area contributed by atoms with Crippen LogP contribution in [0.3, 0.4) is 0 Å². The molecule has 1 aliphatic carbocycles. The van der Waals surface area contributed by atoms with Crippen LogP contribution in [-0.2, 0) is 14.8 Å². The maximum atomic E-state index is 13.1. The first-order valence-electron chi connectivity index (χ1n) is 14.3. The van der Waals surface area contributed by atoms with Crippen molar-refractivity contribution < 1.29 is 32.2 Å². The zero-order chi connectivity index (χ0) is 31.3. The van der Waals surface area contributed by atoms with Crippen LogP contribution in [-0.4, -0.2) is 51.1 Å². The SMILES string of the molecule is COc1cc(C(=O)NS(=O)(=O)c2ccccc2OCCCl)ccc1C(C)c1c[nH]c2ccc(NC(=O)OC3CCCC3)cc12. The maximum absolute atomic E-state index is 13.1. The van der Waals surface area contributed by atoms with E-state index in [1.807, 2.05) is 31.3 Å². The molecule has 1 saturated carbocycles. The smallest absolute Gasteiger partial charge is 0.411 e. The zero-order valence-corrected chi connectivity index (χ0v) is 26.0. The largest absolute Gasteiger partial charge is 0.496 e. The first-order chi connectivity index (χ1) is 21.2. The highest BCUT2D eigenvalue weighted by Gasteiger charge is 2.25. The van der Waals surface area contributed by atoms with Crippen LogP contribution >= 0.6 is 11.6 Å². The molecule has 4 aromatic rings. The second kappa shape index (κ2) is 13.6. The molecule has 12 heteroatoms. The molecule has 1 aromatic heterocycles. The van der Waals surface area contributed by atoms with Crippen LogP contribution < -0.4 is 19.5 Å². The van der Waals surface area contributed by atoms with Gasteiger partial charge < -0.3 is 19.2 Å². The number of aromatic nitrogens is 1. The molecular weight excluding hydrogens is 606 g/mol. The standard InChI is InChI=1S/C32H34ClN3O7S/c1-20(26-19-34-27-14-12-22(18-25(26)27)35-32(38)43-23-7-3-4-8-23)24-13-11-21(17-29(24)41-2)31(37)36-44(39,40)30-10-6-5-9-28(30)42-16-15-33/h5-6,9-14,17-20,23,34H,3-4,7-8,15-16H2,1-2H3,(H,35,38)(H,36,37). The monoisotopic (exact) mass is 639 g/mol. The number of amides is 2. The molecule has 0 aliphatic heterocycles. The van der Waals surface area contributed by atoms with Gasteiger partial charge >= 0.3 is 6.09 Å². The Morgan fingerprint density at radius 3 is 2.55 bits per heavy atom. The normalized spacial score (nSPS) is 14.2. The third-order valence-electron chi connectivity index (χ3n) is 7.67. The minimum atomic E-state index is -4.25. The third-order valence-corrected chi connectivity index (χ3v) is 9.19. The van der Waals surface area contributed by atoms with E-state index in [1.165, 1.54) is 31.4 Å². The summed E-state index contributed by atoms with van der Waals surface area (Å²) in [5, 5.41) is 3.74. The van der Waals surface area contributed by atoms with Crippen LogP contribution in [0.25, 0.3) is 10.9 Å². The fraction of sp³-hybridized carbons (Fsp3) is 0.312. The molecule has 1 aliphatic rings. The Bertz CT molecular complexity index is 1770. The number of sulfonamides is 1. The predicted octanol–water partition coefficient (Wildman–Crippen LogP) is 6.56. The fourth-order valence-electron chi connectivity index (χ4n) is 5.44. The van der Waals surface area contributed by atoms with Gasteiger partial charge in [-0.25, -0.2) is 17.9 Å². The second-order valence-corrected chi connectivity index (χ2v) is 12.6. The van der Waals surface area contributed by atoms with E-state index in [4.69, 9.17) is 25.8 Å². The molecule has 1 heterocycles. The molecule has 0 spiro atoms. The predicted molar refractivity (Wildman–Crippen MR) is 168 cm³/mol. The van der Waals surface area contributed by atoms with E-state index in [1.54, 1.807) is 18.2 Å². The van der Waals surface area contributed by atoms with E-state index in [0.29, 0.717) is 11.4 Å². The number of ether oxygens (including phenoxy) is 3. The summed E-state index contributed by atoms with van der Waals surface area (Å²) in [5.41, 5.74) is 3.33. The molecule has 3 N–H and O–H groups in total. The Balaban J connectivity index is 1.35. The highest BCUT2D eigenvalue weighted by molar-refractivity contribution is 7.90. The molecular formula is C32H34ClN3O7S. The van der Waals surface area contributed by atoms with Crippen molar-refractivity contribution in [2.45, 2.75) is 49.5 Å². The van der Waals surface area contributed by atoms with Crippen molar-refractivity contribution in [1.82, 2.24) is 9.71 Å². The van der Waals surface area contributed by atoms with Crippen molar-refractivity contribution in [3.8, 4) is 11.5 Å². The fourth-order valence-corrected chi connectivity index (χ4v) is 6.64. The van der Waals surface area contributed by atoms with Gasteiger partial charge in [0.1, 0.15) is 29.1 Å². The van der Waals surface area contributed by atoms with Gasteiger partial charge in [-0.05, 0) is 73.7 Å². The highest BCUT2D eigenvalue weighted by atomic mass is 35.5. The molecule has 0 saturated heterocycles. The first kappa shape index (κ1) is 31.2. The molecule has 1 fully saturated rings. The van der Waals surface area contributed by atoms with E-state index < -0.39 is 22.0 Å². The van der Waals surface area contributed by atoms with Crippen molar-refractivity contribution in [3.63, 3.8) is 0 Å².